The number of amides is 2. The molecule has 1 aliphatic rings. The summed E-state index contributed by atoms with van der Waals surface area (Å²) in [5.74, 6) is 0.638. The monoisotopic (exact) mass is 460 g/mol. The summed E-state index contributed by atoms with van der Waals surface area (Å²) in [6.07, 6.45) is 5.45. The van der Waals surface area contributed by atoms with E-state index in [1.807, 2.05) is 38.1 Å². The maximum Gasteiger partial charge on any atom is 0.237 e. The van der Waals surface area contributed by atoms with Crippen molar-refractivity contribution in [3.8, 4) is 5.75 Å². The molecule has 1 unspecified atom stereocenters. The van der Waals surface area contributed by atoms with E-state index in [1.54, 1.807) is 19.2 Å². The summed E-state index contributed by atoms with van der Waals surface area (Å²) in [4.78, 5) is 26.0. The summed E-state index contributed by atoms with van der Waals surface area (Å²) in [6, 6.07) is 11.1. The third-order valence-corrected chi connectivity index (χ3v) is 7.04. The first kappa shape index (κ1) is 23.5. The van der Waals surface area contributed by atoms with Crippen LogP contribution in [0.5, 0.6) is 5.75 Å². The molecule has 1 atom stereocenters. The van der Waals surface area contributed by atoms with Crippen molar-refractivity contribution in [2.24, 2.45) is 5.92 Å². The van der Waals surface area contributed by atoms with E-state index in [0.717, 1.165) is 41.8 Å². The van der Waals surface area contributed by atoms with Gasteiger partial charge in [-0.05, 0) is 62.6 Å². The van der Waals surface area contributed by atoms with Crippen molar-refractivity contribution in [1.29, 1.82) is 0 Å². The number of hydrogen-bond acceptors (Lipinski definition) is 4. The van der Waals surface area contributed by atoms with Gasteiger partial charge in [-0.25, -0.2) is 0 Å². The quantitative estimate of drug-likeness (QED) is 0.476. The molecule has 1 aliphatic carbocycles. The number of carbonyl (C=O) groups is 2. The first-order valence-electron chi connectivity index (χ1n) is 10.6. The van der Waals surface area contributed by atoms with Crippen molar-refractivity contribution in [3.63, 3.8) is 0 Å². The Morgan fingerprint density at radius 3 is 2.42 bits per heavy atom. The Labute approximate surface area is 193 Å². The summed E-state index contributed by atoms with van der Waals surface area (Å²) in [5, 5.41) is 6.22. The van der Waals surface area contributed by atoms with Crippen LogP contribution in [-0.4, -0.2) is 24.2 Å². The van der Waals surface area contributed by atoms with Crippen molar-refractivity contribution in [2.45, 2.75) is 56.1 Å². The van der Waals surface area contributed by atoms with E-state index in [2.05, 4.69) is 10.6 Å². The predicted octanol–water partition coefficient (Wildman–Crippen LogP) is 6.30. The average molecular weight is 461 g/mol. The molecule has 0 aliphatic heterocycles. The molecule has 3 rings (SSSR count). The van der Waals surface area contributed by atoms with E-state index in [0.29, 0.717) is 16.5 Å². The van der Waals surface area contributed by atoms with Crippen LogP contribution in [0.2, 0.25) is 5.02 Å². The number of halogens is 1. The van der Waals surface area contributed by atoms with E-state index >= 15 is 0 Å². The lowest BCUT2D eigenvalue weighted by Crippen LogP contribution is -2.24. The van der Waals surface area contributed by atoms with Crippen LogP contribution in [0.4, 0.5) is 11.4 Å². The zero-order valence-electron chi connectivity index (χ0n) is 18.2. The largest absolute Gasteiger partial charge is 0.495 e. The molecule has 0 bridgehead atoms. The number of benzene rings is 2. The summed E-state index contributed by atoms with van der Waals surface area (Å²) in [7, 11) is 1.55. The Balaban J connectivity index is 1.56. The minimum atomic E-state index is -0.316. The third kappa shape index (κ3) is 6.40. The normalized spacial score (nSPS) is 15.2. The minimum Gasteiger partial charge on any atom is -0.495 e. The molecule has 0 heterocycles. The Kier molecular flexibility index (Phi) is 8.27. The third-order valence-electron chi connectivity index (χ3n) is 5.52. The van der Waals surface area contributed by atoms with Gasteiger partial charge in [0.05, 0.1) is 18.0 Å². The second-order valence-electron chi connectivity index (χ2n) is 7.90. The molecule has 2 N–H and O–H groups in total. The average Bonchev–Trinajstić information content (AvgIpc) is 2.77. The number of ether oxygens (including phenoxy) is 1. The summed E-state index contributed by atoms with van der Waals surface area (Å²) < 4.78 is 5.33. The molecule has 2 aromatic carbocycles. The van der Waals surface area contributed by atoms with Gasteiger partial charge in [-0.15, -0.1) is 11.8 Å². The van der Waals surface area contributed by atoms with Crippen LogP contribution in [0.25, 0.3) is 0 Å². The fourth-order valence-corrected chi connectivity index (χ4v) is 4.67. The molecule has 0 radical (unpaired) electrons. The topological polar surface area (TPSA) is 67.4 Å². The molecule has 1 saturated carbocycles. The number of aryl methyl sites for hydroxylation is 1. The van der Waals surface area contributed by atoms with Gasteiger partial charge in [-0.2, -0.15) is 0 Å². The van der Waals surface area contributed by atoms with Gasteiger partial charge >= 0.3 is 0 Å². The number of nitrogens with one attached hydrogen (secondary N) is 2. The van der Waals surface area contributed by atoms with Crippen LogP contribution < -0.4 is 15.4 Å². The van der Waals surface area contributed by atoms with Gasteiger partial charge in [0.1, 0.15) is 5.75 Å². The number of rotatable bonds is 7. The highest BCUT2D eigenvalue weighted by Crippen LogP contribution is 2.32. The smallest absolute Gasteiger partial charge is 0.237 e. The summed E-state index contributed by atoms with van der Waals surface area (Å²) in [5.41, 5.74) is 2.25. The molecule has 5 nitrogen and oxygen atoms in total. The predicted molar refractivity (Wildman–Crippen MR) is 128 cm³/mol. The van der Waals surface area contributed by atoms with E-state index in [4.69, 9.17) is 16.3 Å². The Hall–Kier alpha value is -2.18. The molecular formula is C24H29ClN2O3S. The Morgan fingerprint density at radius 1 is 1.10 bits per heavy atom. The highest BCUT2D eigenvalue weighted by Gasteiger charge is 2.21. The number of hydrogen-bond donors (Lipinski definition) is 2. The molecule has 166 valence electrons. The molecule has 0 aromatic heterocycles. The molecule has 2 aromatic rings. The standard InChI is InChI=1S/C24H29ClN2O3S/c1-15-13-21(22(30-3)14-20(15)25)27-23(28)16(2)31-19-11-9-18(10-12-19)26-24(29)17-7-5-4-6-8-17/h9-14,16-17H,4-8H2,1-3H3,(H,26,29)(H,27,28). The molecule has 0 saturated heterocycles. The molecule has 31 heavy (non-hydrogen) atoms. The number of carbonyl (C=O) groups excluding carboxylic acids is 2. The highest BCUT2D eigenvalue weighted by atomic mass is 35.5. The zero-order valence-corrected chi connectivity index (χ0v) is 19.7. The molecule has 2 amide bonds. The van der Waals surface area contributed by atoms with Gasteiger partial charge < -0.3 is 15.4 Å². The highest BCUT2D eigenvalue weighted by molar-refractivity contribution is 8.00. The van der Waals surface area contributed by atoms with Crippen molar-refractivity contribution >= 4 is 46.6 Å². The number of methoxy groups -OCH3 is 1. The molecule has 7 heteroatoms. The Morgan fingerprint density at radius 2 is 1.77 bits per heavy atom. The first-order valence-corrected chi connectivity index (χ1v) is 11.9. The van der Waals surface area contributed by atoms with Crippen LogP contribution in [0.1, 0.15) is 44.6 Å². The van der Waals surface area contributed by atoms with Gasteiger partial charge in [-0.3, -0.25) is 9.59 Å². The fourth-order valence-electron chi connectivity index (χ4n) is 3.65. The van der Waals surface area contributed by atoms with Gasteiger partial charge in [0.2, 0.25) is 11.8 Å². The minimum absolute atomic E-state index is 0.111. The van der Waals surface area contributed by atoms with Crippen LogP contribution in [0.3, 0.4) is 0 Å². The lowest BCUT2D eigenvalue weighted by Gasteiger charge is -2.20. The lowest BCUT2D eigenvalue weighted by molar-refractivity contribution is -0.120. The van der Waals surface area contributed by atoms with Crippen LogP contribution in [0.15, 0.2) is 41.3 Å². The van der Waals surface area contributed by atoms with E-state index in [1.165, 1.54) is 18.2 Å². The SMILES string of the molecule is COc1cc(Cl)c(C)cc1NC(=O)C(C)Sc1ccc(NC(=O)C2CCCCC2)cc1. The molecule has 0 spiro atoms. The van der Waals surface area contributed by atoms with Crippen LogP contribution >= 0.6 is 23.4 Å². The van der Waals surface area contributed by atoms with E-state index in [-0.39, 0.29) is 23.0 Å². The van der Waals surface area contributed by atoms with Gasteiger partial charge in [0, 0.05) is 27.6 Å². The maximum absolute atomic E-state index is 12.7. The van der Waals surface area contributed by atoms with Gasteiger partial charge in [0.15, 0.2) is 0 Å². The second kappa shape index (κ2) is 10.9. The van der Waals surface area contributed by atoms with Crippen LogP contribution in [0, 0.1) is 12.8 Å². The van der Waals surface area contributed by atoms with Crippen molar-refractivity contribution in [1.82, 2.24) is 0 Å². The van der Waals surface area contributed by atoms with Gasteiger partial charge in [-0.1, -0.05) is 30.9 Å². The van der Waals surface area contributed by atoms with Gasteiger partial charge in [0.25, 0.3) is 0 Å². The van der Waals surface area contributed by atoms with Crippen molar-refractivity contribution in [2.75, 3.05) is 17.7 Å². The van der Waals surface area contributed by atoms with E-state index in [9.17, 15) is 9.59 Å². The fraction of sp³-hybridized carbons (Fsp3) is 0.417. The first-order chi connectivity index (χ1) is 14.9. The molecule has 1 fully saturated rings. The second-order valence-corrected chi connectivity index (χ2v) is 9.72. The number of anilines is 2. The van der Waals surface area contributed by atoms with E-state index < -0.39 is 0 Å². The molecular weight excluding hydrogens is 432 g/mol. The summed E-state index contributed by atoms with van der Waals surface area (Å²) in [6.45, 7) is 3.73. The maximum atomic E-state index is 12.7. The van der Waals surface area contributed by atoms with Crippen molar-refractivity contribution < 1.29 is 14.3 Å². The zero-order chi connectivity index (χ0) is 22.4. The van der Waals surface area contributed by atoms with Crippen LogP contribution in [-0.2, 0) is 9.59 Å². The lowest BCUT2D eigenvalue weighted by atomic mass is 9.88. The summed E-state index contributed by atoms with van der Waals surface area (Å²) >= 11 is 7.59. The van der Waals surface area contributed by atoms with Crippen molar-refractivity contribution in [3.05, 3.63) is 47.0 Å². The Bertz CT molecular complexity index is 927. The number of thioether (sulfide) groups is 1.